The van der Waals surface area contributed by atoms with Gasteiger partial charge in [0.15, 0.2) is 17.4 Å². The minimum absolute atomic E-state index is 0.0635. The van der Waals surface area contributed by atoms with Gasteiger partial charge in [0.25, 0.3) is 5.91 Å². The van der Waals surface area contributed by atoms with Crippen LogP contribution < -0.4 is 10.1 Å². The molecule has 2 fully saturated rings. The Morgan fingerprint density at radius 2 is 2.20 bits per heavy atom. The number of nitrogens with one attached hydrogen (secondary N) is 1. The number of halogens is 1. The highest BCUT2D eigenvalue weighted by molar-refractivity contribution is 7.88. The normalized spacial score (nSPS) is 26.5. The lowest BCUT2D eigenvalue weighted by molar-refractivity contribution is 0.0934. The maximum atomic E-state index is 14.0. The number of aromatic nitrogens is 2. The zero-order valence-electron chi connectivity index (χ0n) is 16.9. The van der Waals surface area contributed by atoms with E-state index in [2.05, 4.69) is 15.5 Å². The summed E-state index contributed by atoms with van der Waals surface area (Å²) in [5.41, 5.74) is -0.473. The van der Waals surface area contributed by atoms with Crippen molar-refractivity contribution < 1.29 is 26.9 Å². The Kier molecular flexibility index (Phi) is 5.05. The average Bonchev–Trinajstić information content (AvgIpc) is 3.33. The minimum Gasteiger partial charge on any atom is -0.494 e. The van der Waals surface area contributed by atoms with Gasteiger partial charge >= 0.3 is 0 Å². The fraction of sp³-hybridized carbons (Fsp3) is 0.526. The maximum Gasteiger partial charge on any atom is 0.251 e. The quantitative estimate of drug-likeness (QED) is 0.747. The Hall–Kier alpha value is -2.53. The van der Waals surface area contributed by atoms with Crippen LogP contribution in [0.1, 0.15) is 34.9 Å². The van der Waals surface area contributed by atoms with Crippen LogP contribution in [0.15, 0.2) is 22.7 Å². The van der Waals surface area contributed by atoms with E-state index in [1.54, 1.807) is 6.92 Å². The molecule has 1 amide bonds. The van der Waals surface area contributed by atoms with Crippen molar-refractivity contribution in [2.45, 2.75) is 31.2 Å². The van der Waals surface area contributed by atoms with Crippen LogP contribution in [-0.4, -0.2) is 61.3 Å². The minimum atomic E-state index is -3.38. The molecule has 0 radical (unpaired) electrons. The van der Waals surface area contributed by atoms with Crippen LogP contribution in [0.2, 0.25) is 0 Å². The van der Waals surface area contributed by atoms with Crippen molar-refractivity contribution in [1.82, 2.24) is 19.8 Å². The smallest absolute Gasteiger partial charge is 0.251 e. The molecule has 1 saturated heterocycles. The summed E-state index contributed by atoms with van der Waals surface area (Å²) in [6.45, 7) is 2.25. The molecule has 1 aliphatic heterocycles. The highest BCUT2D eigenvalue weighted by Gasteiger charge is 2.59. The Bertz CT molecular complexity index is 1090. The van der Waals surface area contributed by atoms with Gasteiger partial charge in [0.2, 0.25) is 15.9 Å². The number of methoxy groups -OCH3 is 1. The van der Waals surface area contributed by atoms with Gasteiger partial charge in [0.05, 0.1) is 18.8 Å². The first-order chi connectivity index (χ1) is 14.1. The molecular formula is C19H23FN4O5S. The average molecular weight is 438 g/mol. The molecule has 2 heterocycles. The molecule has 1 aliphatic carbocycles. The summed E-state index contributed by atoms with van der Waals surface area (Å²) < 4.78 is 49.9. The third-order valence-corrected chi connectivity index (χ3v) is 7.23. The fourth-order valence-corrected chi connectivity index (χ4v) is 5.51. The van der Waals surface area contributed by atoms with Gasteiger partial charge in [-0.05, 0) is 43.9 Å². The van der Waals surface area contributed by atoms with Gasteiger partial charge in [-0.2, -0.15) is 4.98 Å². The molecule has 1 aromatic heterocycles. The molecule has 1 saturated carbocycles. The molecule has 3 atom stereocenters. The van der Waals surface area contributed by atoms with Crippen molar-refractivity contribution in [3.8, 4) is 5.75 Å². The maximum absolute atomic E-state index is 14.0. The van der Waals surface area contributed by atoms with Crippen molar-refractivity contribution in [3.05, 3.63) is 41.3 Å². The molecule has 1 aromatic carbocycles. The van der Waals surface area contributed by atoms with Crippen LogP contribution in [0.3, 0.4) is 0 Å². The highest BCUT2D eigenvalue weighted by atomic mass is 32.2. The van der Waals surface area contributed by atoms with Crippen molar-refractivity contribution in [1.29, 1.82) is 0 Å². The number of hydrogen-bond acceptors (Lipinski definition) is 7. The van der Waals surface area contributed by atoms with Crippen LogP contribution in [0.5, 0.6) is 5.75 Å². The van der Waals surface area contributed by atoms with E-state index in [0.29, 0.717) is 31.1 Å². The van der Waals surface area contributed by atoms with Crippen molar-refractivity contribution >= 4 is 15.9 Å². The molecule has 2 aromatic rings. The first-order valence-electron chi connectivity index (χ1n) is 9.53. The molecule has 11 heteroatoms. The number of hydrogen-bond donors (Lipinski definition) is 1. The highest BCUT2D eigenvalue weighted by Crippen LogP contribution is 2.50. The van der Waals surface area contributed by atoms with E-state index < -0.39 is 27.2 Å². The van der Waals surface area contributed by atoms with Gasteiger partial charge in [-0.15, -0.1) is 0 Å². The first kappa shape index (κ1) is 20.7. The van der Waals surface area contributed by atoms with E-state index >= 15 is 0 Å². The van der Waals surface area contributed by atoms with E-state index in [4.69, 9.17) is 9.26 Å². The topological polar surface area (TPSA) is 115 Å². The second kappa shape index (κ2) is 7.31. The number of aryl methyl sites for hydroxylation is 1. The fourth-order valence-electron chi connectivity index (χ4n) is 4.59. The molecule has 4 rings (SSSR count). The number of sulfonamides is 1. The Balaban J connectivity index is 1.56. The Morgan fingerprint density at radius 3 is 2.80 bits per heavy atom. The molecular weight excluding hydrogens is 415 g/mol. The predicted octanol–water partition coefficient (Wildman–Crippen LogP) is 1.25. The summed E-state index contributed by atoms with van der Waals surface area (Å²) in [5, 5.41) is 6.81. The number of amides is 1. The molecule has 30 heavy (non-hydrogen) atoms. The zero-order valence-corrected chi connectivity index (χ0v) is 17.7. The van der Waals surface area contributed by atoms with E-state index in [0.717, 1.165) is 6.07 Å². The predicted molar refractivity (Wildman–Crippen MR) is 104 cm³/mol. The molecule has 9 nitrogen and oxygen atoms in total. The monoisotopic (exact) mass is 438 g/mol. The summed E-state index contributed by atoms with van der Waals surface area (Å²) in [5.74, 6) is -0.174. The Labute approximate surface area is 173 Å². The van der Waals surface area contributed by atoms with Crippen LogP contribution in [0, 0.1) is 18.7 Å². The second-order valence-electron chi connectivity index (χ2n) is 8.01. The van der Waals surface area contributed by atoms with E-state index in [9.17, 15) is 17.6 Å². The van der Waals surface area contributed by atoms with Crippen molar-refractivity contribution in [2.24, 2.45) is 5.92 Å². The Morgan fingerprint density at radius 1 is 1.43 bits per heavy atom. The van der Waals surface area contributed by atoms with Crippen LogP contribution in [0.25, 0.3) is 0 Å². The third kappa shape index (κ3) is 3.56. The second-order valence-corrected chi connectivity index (χ2v) is 10.00. The lowest BCUT2D eigenvalue weighted by Gasteiger charge is -2.24. The molecule has 1 N–H and O–H groups in total. The summed E-state index contributed by atoms with van der Waals surface area (Å²) in [4.78, 5) is 17.0. The first-order valence-corrected chi connectivity index (χ1v) is 11.4. The molecule has 162 valence electrons. The third-order valence-electron chi connectivity index (χ3n) is 6.02. The molecule has 0 bridgehead atoms. The number of rotatable bonds is 5. The van der Waals surface area contributed by atoms with Crippen LogP contribution >= 0.6 is 0 Å². The van der Waals surface area contributed by atoms with E-state index in [1.807, 2.05) is 0 Å². The SMILES string of the molecule is COc1ccc(C(=O)N[C@@H]2CC3CN(S(C)(=O)=O)C[C@@]3(c3nc(C)no3)C2)cc1F. The van der Waals surface area contributed by atoms with Crippen LogP contribution in [-0.2, 0) is 15.4 Å². The number of benzene rings is 1. The number of nitrogens with zero attached hydrogens (tertiary/aromatic N) is 3. The van der Waals surface area contributed by atoms with Gasteiger partial charge < -0.3 is 14.6 Å². The van der Waals surface area contributed by atoms with Gasteiger partial charge in [-0.1, -0.05) is 5.16 Å². The molecule has 2 aliphatic rings. The molecule has 0 spiro atoms. The lowest BCUT2D eigenvalue weighted by Crippen LogP contribution is -2.39. The van der Waals surface area contributed by atoms with Gasteiger partial charge in [-0.25, -0.2) is 17.1 Å². The number of fused-ring (bicyclic) bond motifs is 1. The van der Waals surface area contributed by atoms with Crippen LogP contribution in [0.4, 0.5) is 4.39 Å². The zero-order chi connectivity index (χ0) is 21.7. The van der Waals surface area contributed by atoms with Gasteiger partial charge in [-0.3, -0.25) is 4.79 Å². The van der Waals surface area contributed by atoms with Crippen molar-refractivity contribution in [2.75, 3.05) is 26.5 Å². The van der Waals surface area contributed by atoms with Gasteiger partial charge in [0, 0.05) is 24.7 Å². The van der Waals surface area contributed by atoms with E-state index in [1.165, 1.54) is 29.8 Å². The lowest BCUT2D eigenvalue weighted by atomic mass is 9.80. The number of carbonyl (C=O) groups excluding carboxylic acids is 1. The molecule has 1 unspecified atom stereocenters. The standard InChI is InChI=1S/C19H23FN4O5S/c1-11-21-18(29-23-11)19-8-14(7-13(19)9-24(10-19)30(3,26)27)22-17(25)12-4-5-16(28-2)15(20)6-12/h4-6,13-14H,7-10H2,1-3H3,(H,22,25)/t13?,14-,19+/m1/s1. The van der Waals surface area contributed by atoms with E-state index in [-0.39, 0.29) is 29.8 Å². The summed E-state index contributed by atoms with van der Waals surface area (Å²) in [7, 11) is -2.02. The number of ether oxygens (including phenoxy) is 1. The van der Waals surface area contributed by atoms with Crippen molar-refractivity contribution in [3.63, 3.8) is 0 Å². The summed E-state index contributed by atoms with van der Waals surface area (Å²) in [6, 6.07) is 3.80. The summed E-state index contributed by atoms with van der Waals surface area (Å²) in [6.07, 6.45) is 2.19. The largest absolute Gasteiger partial charge is 0.494 e. The number of carbonyl (C=O) groups is 1. The van der Waals surface area contributed by atoms with Gasteiger partial charge in [0.1, 0.15) is 0 Å². The summed E-state index contributed by atoms with van der Waals surface area (Å²) >= 11 is 0.